The SMILES string of the molecule is COc1cnc(CS(=O)(=O)Cl)nc1OC. The smallest absolute Gasteiger partial charge is 0.260 e. The molecule has 8 heteroatoms. The van der Waals surface area contributed by atoms with Crippen molar-refractivity contribution in [3.8, 4) is 11.6 Å². The van der Waals surface area contributed by atoms with Gasteiger partial charge in [-0.15, -0.1) is 0 Å². The fourth-order valence-corrected chi connectivity index (χ4v) is 1.64. The van der Waals surface area contributed by atoms with Gasteiger partial charge < -0.3 is 9.47 Å². The van der Waals surface area contributed by atoms with Gasteiger partial charge in [-0.25, -0.2) is 13.4 Å². The third kappa shape index (κ3) is 3.52. The first-order chi connectivity index (χ1) is 6.96. The second-order valence-electron chi connectivity index (χ2n) is 2.55. The molecular formula is C7H9ClN2O4S. The third-order valence-corrected chi connectivity index (χ3v) is 2.42. The molecule has 0 aliphatic carbocycles. The van der Waals surface area contributed by atoms with Crippen molar-refractivity contribution in [2.75, 3.05) is 14.2 Å². The van der Waals surface area contributed by atoms with Crippen LogP contribution in [0.3, 0.4) is 0 Å². The summed E-state index contributed by atoms with van der Waals surface area (Å²) in [7, 11) is 4.21. The van der Waals surface area contributed by atoms with Crippen LogP contribution < -0.4 is 9.47 Å². The van der Waals surface area contributed by atoms with Gasteiger partial charge in [-0.1, -0.05) is 0 Å². The normalized spacial score (nSPS) is 11.1. The van der Waals surface area contributed by atoms with Gasteiger partial charge in [0.25, 0.3) is 5.88 Å². The highest BCUT2D eigenvalue weighted by Crippen LogP contribution is 2.22. The second kappa shape index (κ2) is 4.63. The van der Waals surface area contributed by atoms with E-state index in [1.165, 1.54) is 20.4 Å². The summed E-state index contributed by atoms with van der Waals surface area (Å²) in [6.45, 7) is 0. The van der Waals surface area contributed by atoms with Gasteiger partial charge in [0.2, 0.25) is 9.05 Å². The Balaban J connectivity index is 3.03. The first-order valence-electron chi connectivity index (χ1n) is 3.82. The van der Waals surface area contributed by atoms with E-state index in [-0.39, 0.29) is 11.7 Å². The largest absolute Gasteiger partial charge is 0.490 e. The van der Waals surface area contributed by atoms with E-state index >= 15 is 0 Å². The molecule has 0 aliphatic heterocycles. The Morgan fingerprint density at radius 3 is 2.53 bits per heavy atom. The zero-order valence-corrected chi connectivity index (χ0v) is 9.67. The van der Waals surface area contributed by atoms with Crippen LogP contribution >= 0.6 is 10.7 Å². The maximum atomic E-state index is 10.8. The molecule has 1 aromatic rings. The van der Waals surface area contributed by atoms with E-state index in [2.05, 4.69) is 9.97 Å². The molecule has 0 atom stereocenters. The Labute approximate surface area is 91.6 Å². The van der Waals surface area contributed by atoms with E-state index in [1.807, 2.05) is 0 Å². The number of methoxy groups -OCH3 is 2. The first-order valence-corrected chi connectivity index (χ1v) is 6.30. The molecule has 0 saturated heterocycles. The minimum absolute atomic E-state index is 0.0580. The summed E-state index contributed by atoms with van der Waals surface area (Å²) < 4.78 is 31.3. The van der Waals surface area contributed by atoms with Crippen LogP contribution in [0, 0.1) is 0 Å². The van der Waals surface area contributed by atoms with Crippen LogP contribution in [0.15, 0.2) is 6.20 Å². The van der Waals surface area contributed by atoms with Crippen molar-refractivity contribution in [1.82, 2.24) is 9.97 Å². The maximum Gasteiger partial charge on any atom is 0.260 e. The molecule has 0 saturated carbocycles. The topological polar surface area (TPSA) is 78.4 Å². The molecule has 0 spiro atoms. The molecule has 0 aliphatic rings. The molecule has 1 rings (SSSR count). The van der Waals surface area contributed by atoms with Crippen molar-refractivity contribution < 1.29 is 17.9 Å². The Kier molecular flexibility index (Phi) is 3.70. The Bertz CT molecular complexity index is 448. The first kappa shape index (κ1) is 12.0. The summed E-state index contributed by atoms with van der Waals surface area (Å²) in [4.78, 5) is 7.59. The van der Waals surface area contributed by atoms with Crippen molar-refractivity contribution in [2.45, 2.75) is 5.75 Å². The van der Waals surface area contributed by atoms with Gasteiger partial charge >= 0.3 is 0 Å². The van der Waals surface area contributed by atoms with E-state index in [9.17, 15) is 8.42 Å². The van der Waals surface area contributed by atoms with E-state index in [1.54, 1.807) is 0 Å². The van der Waals surface area contributed by atoms with Gasteiger partial charge in [-0.2, -0.15) is 4.98 Å². The highest BCUT2D eigenvalue weighted by atomic mass is 35.7. The number of rotatable bonds is 4. The van der Waals surface area contributed by atoms with Gasteiger partial charge in [0.1, 0.15) is 11.6 Å². The Morgan fingerprint density at radius 2 is 2.07 bits per heavy atom. The van der Waals surface area contributed by atoms with E-state index in [4.69, 9.17) is 20.2 Å². The van der Waals surface area contributed by atoms with Crippen LogP contribution in [-0.2, 0) is 14.8 Å². The van der Waals surface area contributed by atoms with Crippen LogP contribution in [0.5, 0.6) is 11.6 Å². The quantitative estimate of drug-likeness (QED) is 0.729. The average Bonchev–Trinajstić information content (AvgIpc) is 2.15. The predicted octanol–water partition coefficient (Wildman–Crippen LogP) is 0.562. The lowest BCUT2D eigenvalue weighted by atomic mass is 10.5. The highest BCUT2D eigenvalue weighted by Gasteiger charge is 2.13. The molecule has 15 heavy (non-hydrogen) atoms. The summed E-state index contributed by atoms with van der Waals surface area (Å²) in [5, 5.41) is 0. The lowest BCUT2D eigenvalue weighted by Crippen LogP contribution is -2.04. The summed E-state index contributed by atoms with van der Waals surface area (Å²) in [6.07, 6.45) is 1.32. The fourth-order valence-electron chi connectivity index (χ4n) is 0.900. The number of nitrogens with zero attached hydrogens (tertiary/aromatic N) is 2. The number of aromatic nitrogens is 2. The highest BCUT2D eigenvalue weighted by molar-refractivity contribution is 8.13. The molecule has 0 bridgehead atoms. The summed E-state index contributed by atoms with van der Waals surface area (Å²) in [5.74, 6) is 0.105. The molecule has 0 radical (unpaired) electrons. The van der Waals surface area contributed by atoms with E-state index in [0.29, 0.717) is 5.75 Å². The monoisotopic (exact) mass is 252 g/mol. The van der Waals surface area contributed by atoms with Crippen molar-refractivity contribution >= 4 is 19.7 Å². The van der Waals surface area contributed by atoms with Gasteiger partial charge in [0, 0.05) is 10.7 Å². The molecule has 1 heterocycles. The maximum absolute atomic E-state index is 10.8. The third-order valence-electron chi connectivity index (χ3n) is 1.49. The fraction of sp³-hybridized carbons (Fsp3) is 0.429. The summed E-state index contributed by atoms with van der Waals surface area (Å²) in [6, 6.07) is 0. The molecule has 0 aromatic carbocycles. The molecule has 1 aromatic heterocycles. The van der Waals surface area contributed by atoms with Gasteiger partial charge in [0.05, 0.1) is 20.4 Å². The standard InChI is InChI=1S/C7H9ClN2O4S/c1-13-5-3-9-6(4-15(8,11)12)10-7(5)14-2/h3H,4H2,1-2H3. The van der Waals surface area contributed by atoms with Gasteiger partial charge in [-0.3, -0.25) is 0 Å². The van der Waals surface area contributed by atoms with Crippen molar-refractivity contribution in [3.63, 3.8) is 0 Å². The number of ether oxygens (including phenoxy) is 2. The number of hydrogen-bond donors (Lipinski definition) is 0. The average molecular weight is 253 g/mol. The van der Waals surface area contributed by atoms with Gasteiger partial charge in [0.15, 0.2) is 5.75 Å². The minimum atomic E-state index is -3.67. The molecule has 0 fully saturated rings. The van der Waals surface area contributed by atoms with Crippen LogP contribution in [0.4, 0.5) is 0 Å². The minimum Gasteiger partial charge on any atom is -0.490 e. The lowest BCUT2D eigenvalue weighted by Gasteiger charge is -2.06. The summed E-state index contributed by atoms with van der Waals surface area (Å²) in [5.41, 5.74) is 0. The molecule has 0 unspecified atom stereocenters. The predicted molar refractivity (Wildman–Crippen MR) is 53.6 cm³/mol. The van der Waals surface area contributed by atoms with Crippen molar-refractivity contribution in [1.29, 1.82) is 0 Å². The van der Waals surface area contributed by atoms with Crippen LogP contribution in [0.25, 0.3) is 0 Å². The summed E-state index contributed by atoms with van der Waals surface area (Å²) >= 11 is 0. The van der Waals surface area contributed by atoms with Crippen molar-refractivity contribution in [2.24, 2.45) is 0 Å². The van der Waals surface area contributed by atoms with E-state index in [0.717, 1.165) is 0 Å². The van der Waals surface area contributed by atoms with Crippen LogP contribution in [0.2, 0.25) is 0 Å². The molecule has 0 N–H and O–H groups in total. The van der Waals surface area contributed by atoms with Crippen LogP contribution in [-0.4, -0.2) is 32.6 Å². The zero-order chi connectivity index (χ0) is 11.5. The van der Waals surface area contributed by atoms with Gasteiger partial charge in [-0.05, 0) is 0 Å². The lowest BCUT2D eigenvalue weighted by molar-refractivity contribution is 0.339. The van der Waals surface area contributed by atoms with E-state index < -0.39 is 14.8 Å². The number of halogens is 1. The van der Waals surface area contributed by atoms with Crippen molar-refractivity contribution in [3.05, 3.63) is 12.0 Å². The molecule has 0 amide bonds. The molecule has 84 valence electrons. The Morgan fingerprint density at radius 1 is 1.40 bits per heavy atom. The van der Waals surface area contributed by atoms with Crippen LogP contribution in [0.1, 0.15) is 5.82 Å². The Hall–Kier alpha value is -1.08. The second-order valence-corrected chi connectivity index (χ2v) is 5.32. The number of hydrogen-bond acceptors (Lipinski definition) is 6. The molecular weight excluding hydrogens is 244 g/mol. The molecule has 6 nitrogen and oxygen atoms in total. The zero-order valence-electron chi connectivity index (χ0n) is 8.10.